The third-order valence-corrected chi connectivity index (χ3v) is 5.30. The molecule has 0 saturated carbocycles. The van der Waals surface area contributed by atoms with Crippen LogP contribution in [-0.4, -0.2) is 51.9 Å². The van der Waals surface area contributed by atoms with E-state index in [1.54, 1.807) is 14.2 Å². The van der Waals surface area contributed by atoms with Crippen LogP contribution in [0.3, 0.4) is 0 Å². The largest absolute Gasteiger partial charge is 0.493 e. The quantitative estimate of drug-likeness (QED) is 0.634. The second kappa shape index (κ2) is 10.9. The standard InChI is InChI=1S/C23H32N2O3/c1-26-21-9-6-10-22(27-2)23(21)28-16-13-24-17-19-11-14-25(15-12-19)18-20-7-4-3-5-8-20/h3-10,19,24H,11-18H2,1-2H3. The molecule has 1 fully saturated rings. The number of hydrogen-bond donors (Lipinski definition) is 1. The average Bonchev–Trinajstić information content (AvgIpc) is 2.75. The molecule has 2 aromatic rings. The molecule has 2 aromatic carbocycles. The van der Waals surface area contributed by atoms with E-state index in [0.717, 1.165) is 25.6 Å². The minimum Gasteiger partial charge on any atom is -0.493 e. The highest BCUT2D eigenvalue weighted by molar-refractivity contribution is 5.51. The maximum atomic E-state index is 5.90. The number of methoxy groups -OCH3 is 2. The molecule has 152 valence electrons. The van der Waals surface area contributed by atoms with Gasteiger partial charge in [-0.25, -0.2) is 0 Å². The molecule has 5 nitrogen and oxygen atoms in total. The molecule has 0 aromatic heterocycles. The number of rotatable bonds is 10. The first-order valence-corrected chi connectivity index (χ1v) is 10.1. The third kappa shape index (κ3) is 5.88. The predicted octanol–water partition coefficient (Wildman–Crippen LogP) is 3.58. The van der Waals surface area contributed by atoms with E-state index < -0.39 is 0 Å². The first kappa shape index (κ1) is 20.5. The summed E-state index contributed by atoms with van der Waals surface area (Å²) in [6.45, 7) is 5.86. The van der Waals surface area contributed by atoms with Crippen LogP contribution in [0.4, 0.5) is 0 Å². The summed E-state index contributed by atoms with van der Waals surface area (Å²) in [5, 5.41) is 3.54. The zero-order chi connectivity index (χ0) is 19.6. The fourth-order valence-corrected chi connectivity index (χ4v) is 3.68. The van der Waals surface area contributed by atoms with Crippen molar-refractivity contribution < 1.29 is 14.2 Å². The molecule has 3 rings (SSSR count). The van der Waals surface area contributed by atoms with Gasteiger partial charge < -0.3 is 19.5 Å². The summed E-state index contributed by atoms with van der Waals surface area (Å²) < 4.78 is 16.6. The molecular formula is C23H32N2O3. The Hall–Kier alpha value is -2.24. The van der Waals surface area contributed by atoms with Crippen molar-refractivity contribution in [2.45, 2.75) is 19.4 Å². The number of benzene rings is 2. The highest BCUT2D eigenvalue weighted by atomic mass is 16.5. The minimum absolute atomic E-state index is 0.587. The first-order valence-electron chi connectivity index (χ1n) is 10.1. The van der Waals surface area contributed by atoms with Crippen LogP contribution >= 0.6 is 0 Å². The Morgan fingerprint density at radius 3 is 2.25 bits per heavy atom. The number of ether oxygens (including phenoxy) is 3. The highest BCUT2D eigenvalue weighted by Crippen LogP contribution is 2.36. The van der Waals surface area contributed by atoms with Gasteiger partial charge in [0, 0.05) is 13.1 Å². The highest BCUT2D eigenvalue weighted by Gasteiger charge is 2.19. The van der Waals surface area contributed by atoms with Crippen molar-refractivity contribution in [1.82, 2.24) is 10.2 Å². The zero-order valence-electron chi connectivity index (χ0n) is 17.0. The summed E-state index contributed by atoms with van der Waals surface area (Å²) in [5.41, 5.74) is 1.41. The van der Waals surface area contributed by atoms with Crippen LogP contribution in [-0.2, 0) is 6.54 Å². The lowest BCUT2D eigenvalue weighted by Crippen LogP contribution is -2.37. The topological polar surface area (TPSA) is 43.0 Å². The van der Waals surface area contributed by atoms with E-state index >= 15 is 0 Å². The Kier molecular flexibility index (Phi) is 8.00. The van der Waals surface area contributed by atoms with E-state index in [-0.39, 0.29) is 0 Å². The van der Waals surface area contributed by atoms with E-state index in [0.29, 0.717) is 23.9 Å². The van der Waals surface area contributed by atoms with Gasteiger partial charge in [0.1, 0.15) is 6.61 Å². The molecule has 1 aliphatic heterocycles. The average molecular weight is 385 g/mol. The van der Waals surface area contributed by atoms with Crippen LogP contribution in [0, 0.1) is 5.92 Å². The Morgan fingerprint density at radius 1 is 0.929 bits per heavy atom. The van der Waals surface area contributed by atoms with Crippen LogP contribution in [0.5, 0.6) is 17.2 Å². The summed E-state index contributed by atoms with van der Waals surface area (Å²) in [6, 6.07) is 16.4. The van der Waals surface area contributed by atoms with Crippen LogP contribution in [0.1, 0.15) is 18.4 Å². The number of piperidine rings is 1. The Balaban J connectivity index is 1.33. The monoisotopic (exact) mass is 384 g/mol. The van der Waals surface area contributed by atoms with Crippen LogP contribution < -0.4 is 19.5 Å². The van der Waals surface area contributed by atoms with Crippen LogP contribution in [0.15, 0.2) is 48.5 Å². The van der Waals surface area contributed by atoms with Crippen molar-refractivity contribution in [3.8, 4) is 17.2 Å². The normalized spacial score (nSPS) is 15.4. The number of nitrogens with one attached hydrogen (secondary N) is 1. The second-order valence-electron chi connectivity index (χ2n) is 7.25. The van der Waals surface area contributed by atoms with E-state index in [4.69, 9.17) is 14.2 Å². The molecule has 1 heterocycles. The third-order valence-electron chi connectivity index (χ3n) is 5.30. The van der Waals surface area contributed by atoms with E-state index in [1.807, 2.05) is 18.2 Å². The summed E-state index contributed by atoms with van der Waals surface area (Å²) in [4.78, 5) is 2.56. The lowest BCUT2D eigenvalue weighted by atomic mass is 9.96. The van der Waals surface area contributed by atoms with Gasteiger partial charge in [-0.05, 0) is 56.1 Å². The molecule has 0 aliphatic carbocycles. The molecule has 1 aliphatic rings. The smallest absolute Gasteiger partial charge is 0.203 e. The molecule has 0 amide bonds. The fraction of sp³-hybridized carbons (Fsp3) is 0.478. The van der Waals surface area contributed by atoms with E-state index in [2.05, 4.69) is 40.5 Å². The molecule has 28 heavy (non-hydrogen) atoms. The Bertz CT molecular complexity index is 678. The molecule has 1 saturated heterocycles. The molecule has 0 atom stereocenters. The van der Waals surface area contributed by atoms with Crippen molar-refractivity contribution in [3.63, 3.8) is 0 Å². The van der Waals surface area contributed by atoms with Crippen molar-refractivity contribution in [2.75, 3.05) is 47.0 Å². The lowest BCUT2D eigenvalue weighted by Gasteiger charge is -2.32. The SMILES string of the molecule is COc1cccc(OC)c1OCCNCC1CCN(Cc2ccccc2)CC1. The van der Waals surface area contributed by atoms with Gasteiger partial charge >= 0.3 is 0 Å². The van der Waals surface area contributed by atoms with Crippen LogP contribution in [0.25, 0.3) is 0 Å². The van der Waals surface area contributed by atoms with Crippen molar-refractivity contribution >= 4 is 0 Å². The van der Waals surface area contributed by atoms with Gasteiger partial charge in [0.05, 0.1) is 14.2 Å². The van der Waals surface area contributed by atoms with Gasteiger partial charge in [-0.3, -0.25) is 4.90 Å². The predicted molar refractivity (Wildman–Crippen MR) is 112 cm³/mol. The summed E-state index contributed by atoms with van der Waals surface area (Å²) in [5.74, 6) is 2.81. The van der Waals surface area contributed by atoms with Gasteiger partial charge in [0.2, 0.25) is 5.75 Å². The lowest BCUT2D eigenvalue weighted by molar-refractivity contribution is 0.174. The van der Waals surface area contributed by atoms with Crippen molar-refractivity contribution in [1.29, 1.82) is 0 Å². The molecule has 0 bridgehead atoms. The zero-order valence-corrected chi connectivity index (χ0v) is 17.0. The van der Waals surface area contributed by atoms with Gasteiger partial charge in [-0.1, -0.05) is 36.4 Å². The fourth-order valence-electron chi connectivity index (χ4n) is 3.68. The Labute approximate surface area is 168 Å². The van der Waals surface area contributed by atoms with E-state index in [1.165, 1.54) is 31.5 Å². The van der Waals surface area contributed by atoms with E-state index in [9.17, 15) is 0 Å². The molecule has 1 N–H and O–H groups in total. The maximum Gasteiger partial charge on any atom is 0.203 e. The van der Waals surface area contributed by atoms with Crippen LogP contribution in [0.2, 0.25) is 0 Å². The summed E-state index contributed by atoms with van der Waals surface area (Å²) in [7, 11) is 3.29. The molecule has 0 spiro atoms. The second-order valence-corrected chi connectivity index (χ2v) is 7.25. The Morgan fingerprint density at radius 2 is 1.61 bits per heavy atom. The van der Waals surface area contributed by atoms with Gasteiger partial charge in [-0.2, -0.15) is 0 Å². The van der Waals surface area contributed by atoms with Crippen molar-refractivity contribution in [3.05, 3.63) is 54.1 Å². The van der Waals surface area contributed by atoms with Gasteiger partial charge in [0.25, 0.3) is 0 Å². The number of likely N-dealkylation sites (tertiary alicyclic amines) is 1. The van der Waals surface area contributed by atoms with Crippen molar-refractivity contribution in [2.24, 2.45) is 5.92 Å². The molecule has 0 radical (unpaired) electrons. The van der Waals surface area contributed by atoms with Gasteiger partial charge in [-0.15, -0.1) is 0 Å². The van der Waals surface area contributed by atoms with Gasteiger partial charge in [0.15, 0.2) is 11.5 Å². The molecule has 0 unspecified atom stereocenters. The summed E-state index contributed by atoms with van der Waals surface area (Å²) >= 11 is 0. The maximum absolute atomic E-state index is 5.90. The molecular weight excluding hydrogens is 352 g/mol. The minimum atomic E-state index is 0.587. The molecule has 5 heteroatoms. The number of hydrogen-bond acceptors (Lipinski definition) is 5. The number of para-hydroxylation sites is 1. The first-order chi connectivity index (χ1) is 13.8. The summed E-state index contributed by atoms with van der Waals surface area (Å²) in [6.07, 6.45) is 2.50. The number of nitrogens with zero attached hydrogens (tertiary/aromatic N) is 1.